The molecule has 1 N–H and O–H groups in total. The summed E-state index contributed by atoms with van der Waals surface area (Å²) in [4.78, 5) is 7.29. The Balaban J connectivity index is 2.89. The molecule has 2 aromatic rings. The van der Waals surface area contributed by atoms with Crippen LogP contribution >= 0.6 is 0 Å². The SMILES string of the molecule is C#Cc1ccnc2[nH]c(C)cc12. The zero-order valence-corrected chi connectivity index (χ0v) is 6.76. The number of nitrogens with zero attached hydrogens (tertiary/aromatic N) is 1. The second kappa shape index (κ2) is 2.38. The molecule has 2 heterocycles. The average molecular weight is 156 g/mol. The highest BCUT2D eigenvalue weighted by atomic mass is 14.8. The maximum Gasteiger partial charge on any atom is 0.138 e. The standard InChI is InChI=1S/C10H8N2/c1-3-8-4-5-11-10-9(8)6-7(2)12-10/h1,4-6H,2H3,(H,11,12). The molecule has 0 aliphatic rings. The van der Waals surface area contributed by atoms with Crippen LogP contribution < -0.4 is 0 Å². The Morgan fingerprint density at radius 1 is 1.58 bits per heavy atom. The van der Waals surface area contributed by atoms with Gasteiger partial charge in [-0.25, -0.2) is 4.98 Å². The van der Waals surface area contributed by atoms with Gasteiger partial charge in [0.1, 0.15) is 5.65 Å². The minimum Gasteiger partial charge on any atom is -0.344 e. The van der Waals surface area contributed by atoms with Crippen molar-refractivity contribution in [2.24, 2.45) is 0 Å². The highest BCUT2D eigenvalue weighted by Gasteiger charge is 2.01. The van der Waals surface area contributed by atoms with Gasteiger partial charge in [-0.2, -0.15) is 0 Å². The molecule has 0 atom stereocenters. The van der Waals surface area contributed by atoms with Crippen LogP contribution in [0.5, 0.6) is 0 Å². The summed E-state index contributed by atoms with van der Waals surface area (Å²) in [6.07, 6.45) is 7.05. The molecule has 0 radical (unpaired) electrons. The number of terminal acetylenes is 1. The Labute approximate surface area is 70.6 Å². The summed E-state index contributed by atoms with van der Waals surface area (Å²) < 4.78 is 0. The van der Waals surface area contributed by atoms with Crippen LogP contribution in [0.25, 0.3) is 11.0 Å². The molecule has 0 amide bonds. The van der Waals surface area contributed by atoms with Gasteiger partial charge in [0.25, 0.3) is 0 Å². The van der Waals surface area contributed by atoms with Crippen molar-refractivity contribution in [3.8, 4) is 12.3 Å². The van der Waals surface area contributed by atoms with Crippen molar-refractivity contribution in [3.05, 3.63) is 29.6 Å². The van der Waals surface area contributed by atoms with Crippen LogP contribution in [0.15, 0.2) is 18.3 Å². The molecule has 0 aliphatic heterocycles. The Morgan fingerprint density at radius 3 is 3.17 bits per heavy atom. The summed E-state index contributed by atoms with van der Waals surface area (Å²) in [5, 5.41) is 1.03. The Bertz CT molecular complexity index is 460. The monoisotopic (exact) mass is 156 g/mol. The largest absolute Gasteiger partial charge is 0.344 e. The van der Waals surface area contributed by atoms with Crippen LogP contribution in [-0.4, -0.2) is 9.97 Å². The van der Waals surface area contributed by atoms with Crippen LogP contribution in [0.2, 0.25) is 0 Å². The van der Waals surface area contributed by atoms with Crippen molar-refractivity contribution in [2.45, 2.75) is 6.92 Å². The van der Waals surface area contributed by atoms with E-state index in [0.717, 1.165) is 22.3 Å². The lowest BCUT2D eigenvalue weighted by molar-refractivity contribution is 1.25. The zero-order chi connectivity index (χ0) is 8.55. The molecular weight excluding hydrogens is 148 g/mol. The first-order valence-corrected chi connectivity index (χ1v) is 3.72. The summed E-state index contributed by atoms with van der Waals surface area (Å²) in [7, 11) is 0. The van der Waals surface area contributed by atoms with Crippen molar-refractivity contribution in [3.63, 3.8) is 0 Å². The quantitative estimate of drug-likeness (QED) is 0.579. The predicted octanol–water partition coefficient (Wildman–Crippen LogP) is 1.85. The van der Waals surface area contributed by atoms with Gasteiger partial charge in [-0.1, -0.05) is 5.92 Å². The van der Waals surface area contributed by atoms with Crippen LogP contribution in [0, 0.1) is 19.3 Å². The number of pyridine rings is 1. The normalized spacial score (nSPS) is 10.0. The maximum atomic E-state index is 5.33. The molecule has 2 nitrogen and oxygen atoms in total. The summed E-state index contributed by atoms with van der Waals surface area (Å²) in [5.41, 5.74) is 2.84. The molecule has 0 saturated heterocycles. The fourth-order valence-electron chi connectivity index (χ4n) is 1.28. The van der Waals surface area contributed by atoms with Crippen molar-refractivity contribution >= 4 is 11.0 Å². The second-order valence-electron chi connectivity index (χ2n) is 2.72. The number of aryl methyl sites for hydroxylation is 1. The van der Waals surface area contributed by atoms with E-state index < -0.39 is 0 Å². The van der Waals surface area contributed by atoms with Crippen LogP contribution in [0.4, 0.5) is 0 Å². The van der Waals surface area contributed by atoms with Crippen LogP contribution in [0.1, 0.15) is 11.3 Å². The first kappa shape index (κ1) is 6.93. The number of hydrogen-bond acceptors (Lipinski definition) is 1. The number of aromatic amines is 1. The molecule has 2 rings (SSSR count). The fraction of sp³-hybridized carbons (Fsp3) is 0.100. The van der Waals surface area contributed by atoms with Crippen molar-refractivity contribution < 1.29 is 0 Å². The molecule has 0 fully saturated rings. The lowest BCUT2D eigenvalue weighted by Gasteiger charge is -1.90. The van der Waals surface area contributed by atoms with Crippen LogP contribution in [0.3, 0.4) is 0 Å². The van der Waals surface area contributed by atoms with Gasteiger partial charge in [0, 0.05) is 22.8 Å². The van der Waals surface area contributed by atoms with E-state index in [-0.39, 0.29) is 0 Å². The minimum absolute atomic E-state index is 0.864. The first-order valence-electron chi connectivity index (χ1n) is 3.72. The maximum absolute atomic E-state index is 5.33. The molecule has 0 aliphatic carbocycles. The highest BCUT2D eigenvalue weighted by molar-refractivity contribution is 5.83. The van der Waals surface area contributed by atoms with Gasteiger partial charge in [0.15, 0.2) is 0 Å². The smallest absolute Gasteiger partial charge is 0.138 e. The first-order chi connectivity index (χ1) is 5.81. The molecule has 0 spiro atoms. The molecule has 0 unspecified atom stereocenters. The third-order valence-corrected chi connectivity index (χ3v) is 1.82. The molecule has 2 heteroatoms. The lowest BCUT2D eigenvalue weighted by atomic mass is 10.2. The summed E-state index contributed by atoms with van der Waals surface area (Å²) >= 11 is 0. The minimum atomic E-state index is 0.864. The second-order valence-corrected chi connectivity index (χ2v) is 2.72. The summed E-state index contributed by atoms with van der Waals surface area (Å²) in [6.45, 7) is 1.99. The fourth-order valence-corrected chi connectivity index (χ4v) is 1.28. The number of rotatable bonds is 0. The van der Waals surface area contributed by atoms with E-state index in [2.05, 4.69) is 15.9 Å². The van der Waals surface area contributed by atoms with Gasteiger partial charge in [-0.05, 0) is 19.1 Å². The Kier molecular flexibility index (Phi) is 1.38. The van der Waals surface area contributed by atoms with E-state index in [4.69, 9.17) is 6.42 Å². The Hall–Kier alpha value is -1.75. The molecule has 0 aromatic carbocycles. The lowest BCUT2D eigenvalue weighted by Crippen LogP contribution is -1.78. The zero-order valence-electron chi connectivity index (χ0n) is 6.76. The van der Waals surface area contributed by atoms with Gasteiger partial charge in [0.2, 0.25) is 0 Å². The molecular formula is C10H8N2. The van der Waals surface area contributed by atoms with Gasteiger partial charge in [0.05, 0.1) is 0 Å². The van der Waals surface area contributed by atoms with E-state index in [9.17, 15) is 0 Å². The van der Waals surface area contributed by atoms with Gasteiger partial charge >= 0.3 is 0 Å². The molecule has 2 aromatic heterocycles. The summed E-state index contributed by atoms with van der Waals surface area (Å²) in [5.74, 6) is 2.62. The van der Waals surface area contributed by atoms with Crippen molar-refractivity contribution in [1.82, 2.24) is 9.97 Å². The topological polar surface area (TPSA) is 28.7 Å². The number of aromatic nitrogens is 2. The predicted molar refractivity (Wildman–Crippen MR) is 48.8 cm³/mol. The number of H-pyrrole nitrogens is 1. The average Bonchev–Trinajstić information content (AvgIpc) is 2.44. The van der Waals surface area contributed by atoms with Crippen molar-refractivity contribution in [1.29, 1.82) is 0 Å². The van der Waals surface area contributed by atoms with E-state index in [0.29, 0.717) is 0 Å². The third-order valence-electron chi connectivity index (χ3n) is 1.82. The molecule has 12 heavy (non-hydrogen) atoms. The molecule has 58 valence electrons. The summed E-state index contributed by atoms with van der Waals surface area (Å²) in [6, 6.07) is 3.85. The van der Waals surface area contributed by atoms with E-state index in [1.165, 1.54) is 0 Å². The van der Waals surface area contributed by atoms with E-state index in [1.807, 2.05) is 19.1 Å². The van der Waals surface area contributed by atoms with Crippen molar-refractivity contribution in [2.75, 3.05) is 0 Å². The van der Waals surface area contributed by atoms with Gasteiger partial charge in [-0.3, -0.25) is 0 Å². The van der Waals surface area contributed by atoms with Gasteiger partial charge in [-0.15, -0.1) is 6.42 Å². The Morgan fingerprint density at radius 2 is 2.42 bits per heavy atom. The van der Waals surface area contributed by atoms with Crippen LogP contribution in [-0.2, 0) is 0 Å². The molecule has 0 saturated carbocycles. The number of nitrogens with one attached hydrogen (secondary N) is 1. The number of hydrogen-bond donors (Lipinski definition) is 1. The molecule has 0 bridgehead atoms. The van der Waals surface area contributed by atoms with E-state index in [1.54, 1.807) is 6.20 Å². The third kappa shape index (κ3) is 0.876. The highest BCUT2D eigenvalue weighted by Crippen LogP contribution is 2.15. The van der Waals surface area contributed by atoms with E-state index >= 15 is 0 Å². The number of fused-ring (bicyclic) bond motifs is 1. The van der Waals surface area contributed by atoms with Gasteiger partial charge < -0.3 is 4.98 Å².